The number of ketones is 1. The van der Waals surface area contributed by atoms with E-state index in [2.05, 4.69) is 22.9 Å². The highest BCUT2D eigenvalue weighted by molar-refractivity contribution is 9.10. The van der Waals surface area contributed by atoms with Crippen LogP contribution in [0.25, 0.3) is 0 Å². The van der Waals surface area contributed by atoms with Crippen molar-refractivity contribution in [3.8, 4) is 0 Å². The molecule has 1 nitrogen and oxygen atoms in total. The van der Waals surface area contributed by atoms with Crippen LogP contribution in [0.3, 0.4) is 0 Å². The zero-order chi connectivity index (χ0) is 19.6. The monoisotopic (exact) mass is 448 g/mol. The van der Waals surface area contributed by atoms with Crippen molar-refractivity contribution in [2.45, 2.75) is 82.6 Å². The molecule has 0 aromatic carbocycles. The van der Waals surface area contributed by atoms with Crippen LogP contribution in [0.2, 0.25) is 0 Å². The van der Waals surface area contributed by atoms with Gasteiger partial charge in [0.1, 0.15) is 5.78 Å². The molecule has 4 rings (SSSR count). The Balaban J connectivity index is 1.50. The summed E-state index contributed by atoms with van der Waals surface area (Å²) in [6.45, 7) is 4.28. The van der Waals surface area contributed by atoms with E-state index in [-0.39, 0.29) is 22.1 Å². The number of fused-ring (bicyclic) bond motifs is 5. The van der Waals surface area contributed by atoms with Crippen LogP contribution in [0.1, 0.15) is 71.6 Å². The summed E-state index contributed by atoms with van der Waals surface area (Å²) in [5.74, 6) is 2.06. The van der Waals surface area contributed by atoms with Gasteiger partial charge in [0, 0.05) is 5.92 Å². The molecule has 9 atom stereocenters. The second-order valence-corrected chi connectivity index (χ2v) is 11.6. The lowest BCUT2D eigenvalue weighted by atomic mass is 9.49. The van der Waals surface area contributed by atoms with Gasteiger partial charge in [0.2, 0.25) is 0 Å². The smallest absolute Gasteiger partial charge is 0.298 e. The van der Waals surface area contributed by atoms with Crippen LogP contribution >= 0.6 is 15.9 Å². The zero-order valence-corrected chi connectivity index (χ0v) is 18.0. The first kappa shape index (κ1) is 20.2. The van der Waals surface area contributed by atoms with E-state index in [1.807, 2.05) is 6.92 Å². The summed E-state index contributed by atoms with van der Waals surface area (Å²) in [6, 6.07) is 0. The molecule has 27 heavy (non-hydrogen) atoms. The quantitative estimate of drug-likeness (QED) is 0.425. The molecule has 0 saturated heterocycles. The van der Waals surface area contributed by atoms with Gasteiger partial charge in [-0.05, 0) is 99.7 Å². The van der Waals surface area contributed by atoms with E-state index in [1.165, 1.54) is 0 Å². The molecule has 4 saturated carbocycles. The third-order valence-electron chi connectivity index (χ3n) is 9.15. The predicted molar refractivity (Wildman–Crippen MR) is 104 cm³/mol. The SMILES string of the molecule is CC(Br)C(=O)[C@H]1CCC2C3CCC4CC(C(F)(F)F)CCC4C3CCC21C. The summed E-state index contributed by atoms with van der Waals surface area (Å²) < 4.78 is 39.6. The number of rotatable bonds is 2. The van der Waals surface area contributed by atoms with Crippen molar-refractivity contribution in [1.82, 2.24) is 0 Å². The van der Waals surface area contributed by atoms with E-state index in [1.54, 1.807) is 0 Å². The van der Waals surface area contributed by atoms with Crippen LogP contribution < -0.4 is 0 Å². The topological polar surface area (TPSA) is 17.1 Å². The van der Waals surface area contributed by atoms with Crippen LogP contribution in [0.15, 0.2) is 0 Å². The van der Waals surface area contributed by atoms with Crippen molar-refractivity contribution in [2.24, 2.45) is 46.8 Å². The standard InChI is InChI=1S/C22H32BrF3O/c1-12(23)20(27)19-8-7-18-17-5-3-13-11-14(22(24,25)26)4-6-15(13)16(17)9-10-21(18,19)2/h12-19H,3-11H2,1-2H3/t12?,13?,14?,15?,16?,17?,18?,19-,21?/m1/s1. The van der Waals surface area contributed by atoms with Gasteiger partial charge >= 0.3 is 6.18 Å². The molecule has 0 amide bonds. The molecule has 5 heteroatoms. The maximum absolute atomic E-state index is 13.2. The van der Waals surface area contributed by atoms with E-state index in [0.717, 1.165) is 44.9 Å². The Morgan fingerprint density at radius 3 is 2.37 bits per heavy atom. The Bertz CT molecular complexity index is 589. The molecule has 0 heterocycles. The molecule has 154 valence electrons. The average Bonchev–Trinajstić information content (AvgIpc) is 2.96. The van der Waals surface area contributed by atoms with Gasteiger partial charge in [0.15, 0.2) is 0 Å². The summed E-state index contributed by atoms with van der Waals surface area (Å²) in [7, 11) is 0. The average molecular weight is 449 g/mol. The summed E-state index contributed by atoms with van der Waals surface area (Å²) in [5, 5.41) is 0. The first-order valence-corrected chi connectivity index (χ1v) is 11.8. The van der Waals surface area contributed by atoms with E-state index < -0.39 is 12.1 Å². The number of hydrogen-bond donors (Lipinski definition) is 0. The van der Waals surface area contributed by atoms with Crippen LogP contribution in [-0.4, -0.2) is 16.8 Å². The summed E-state index contributed by atoms with van der Waals surface area (Å²) in [6.07, 6.45) is 3.84. The van der Waals surface area contributed by atoms with E-state index >= 15 is 0 Å². The molecule has 0 aliphatic heterocycles. The van der Waals surface area contributed by atoms with Crippen molar-refractivity contribution in [3.63, 3.8) is 0 Å². The highest BCUT2D eigenvalue weighted by atomic mass is 79.9. The Labute approximate surface area is 169 Å². The molecule has 0 N–H and O–H groups in total. The van der Waals surface area contributed by atoms with Gasteiger partial charge in [-0.3, -0.25) is 4.79 Å². The van der Waals surface area contributed by atoms with Gasteiger partial charge in [-0.2, -0.15) is 13.2 Å². The number of alkyl halides is 4. The molecule has 4 aliphatic carbocycles. The minimum absolute atomic E-state index is 0.0795. The largest absolute Gasteiger partial charge is 0.391 e. The Kier molecular flexibility index (Phi) is 5.26. The molecular formula is C22H32BrF3O. The Morgan fingerprint density at radius 1 is 1.00 bits per heavy atom. The molecule has 0 aromatic rings. The molecule has 4 fully saturated rings. The Morgan fingerprint density at radius 2 is 1.70 bits per heavy atom. The first-order chi connectivity index (χ1) is 12.6. The van der Waals surface area contributed by atoms with E-state index in [4.69, 9.17) is 0 Å². The van der Waals surface area contributed by atoms with Crippen molar-refractivity contribution in [2.75, 3.05) is 0 Å². The molecule has 0 bridgehead atoms. The Hall–Kier alpha value is -0.0600. The zero-order valence-electron chi connectivity index (χ0n) is 16.4. The molecule has 4 aliphatic rings. The van der Waals surface area contributed by atoms with E-state index in [0.29, 0.717) is 42.3 Å². The highest BCUT2D eigenvalue weighted by Crippen LogP contribution is 2.65. The van der Waals surface area contributed by atoms with Crippen molar-refractivity contribution >= 4 is 21.7 Å². The van der Waals surface area contributed by atoms with Crippen molar-refractivity contribution in [3.05, 3.63) is 0 Å². The van der Waals surface area contributed by atoms with Crippen LogP contribution in [0, 0.1) is 46.8 Å². The molecule has 0 radical (unpaired) electrons. The van der Waals surface area contributed by atoms with Gasteiger partial charge in [-0.1, -0.05) is 22.9 Å². The fraction of sp³-hybridized carbons (Fsp3) is 0.955. The van der Waals surface area contributed by atoms with Crippen LogP contribution in [-0.2, 0) is 4.79 Å². The minimum atomic E-state index is -4.02. The lowest BCUT2D eigenvalue weighted by molar-refractivity contribution is -0.196. The van der Waals surface area contributed by atoms with Crippen molar-refractivity contribution < 1.29 is 18.0 Å². The second kappa shape index (κ2) is 7.02. The molecule has 0 spiro atoms. The van der Waals surface area contributed by atoms with Gasteiger partial charge in [0.05, 0.1) is 10.7 Å². The lowest BCUT2D eigenvalue weighted by Crippen LogP contribution is -2.50. The lowest BCUT2D eigenvalue weighted by Gasteiger charge is -2.56. The van der Waals surface area contributed by atoms with Crippen LogP contribution in [0.4, 0.5) is 13.2 Å². The normalized spacial score (nSPS) is 48.3. The van der Waals surface area contributed by atoms with Gasteiger partial charge in [0.25, 0.3) is 0 Å². The van der Waals surface area contributed by atoms with E-state index in [9.17, 15) is 18.0 Å². The number of carbonyl (C=O) groups excluding carboxylic acids is 1. The third kappa shape index (κ3) is 3.32. The number of Topliss-reactive ketones (excluding diaryl/α,β-unsaturated/α-hetero) is 1. The summed E-state index contributed by atoms with van der Waals surface area (Å²) in [4.78, 5) is 12.7. The summed E-state index contributed by atoms with van der Waals surface area (Å²) in [5.41, 5.74) is 0.107. The highest BCUT2D eigenvalue weighted by Gasteiger charge is 2.59. The third-order valence-corrected chi connectivity index (χ3v) is 9.60. The van der Waals surface area contributed by atoms with Crippen LogP contribution in [0.5, 0.6) is 0 Å². The maximum atomic E-state index is 13.2. The fourth-order valence-electron chi connectivity index (χ4n) is 7.90. The first-order valence-electron chi connectivity index (χ1n) is 10.9. The maximum Gasteiger partial charge on any atom is 0.391 e. The van der Waals surface area contributed by atoms with Crippen molar-refractivity contribution in [1.29, 1.82) is 0 Å². The minimum Gasteiger partial charge on any atom is -0.298 e. The number of carbonyl (C=O) groups is 1. The molecule has 8 unspecified atom stereocenters. The fourth-order valence-corrected chi connectivity index (χ4v) is 8.21. The summed E-state index contributed by atoms with van der Waals surface area (Å²) >= 11 is 3.49. The van der Waals surface area contributed by atoms with Gasteiger partial charge in [-0.15, -0.1) is 0 Å². The van der Waals surface area contributed by atoms with Gasteiger partial charge < -0.3 is 0 Å². The second-order valence-electron chi connectivity index (χ2n) is 10.2. The molecular weight excluding hydrogens is 417 g/mol. The predicted octanol–water partition coefficient (Wildman–Crippen LogP) is 6.79. The van der Waals surface area contributed by atoms with Gasteiger partial charge in [-0.25, -0.2) is 0 Å². The number of hydrogen-bond acceptors (Lipinski definition) is 1. The number of halogens is 4. The molecule has 0 aromatic heterocycles.